The van der Waals surface area contributed by atoms with Crippen molar-refractivity contribution < 1.29 is 13.2 Å². The van der Waals surface area contributed by atoms with Crippen LogP contribution in [0.3, 0.4) is 0 Å². The molecule has 0 aliphatic carbocycles. The third-order valence-corrected chi connectivity index (χ3v) is 6.05. The number of nitrogens with zero attached hydrogens (tertiary/aromatic N) is 2. The maximum atomic E-state index is 12.4. The molecule has 1 aromatic heterocycles. The van der Waals surface area contributed by atoms with Crippen molar-refractivity contribution in [2.75, 3.05) is 11.6 Å². The van der Waals surface area contributed by atoms with E-state index in [0.29, 0.717) is 11.0 Å². The van der Waals surface area contributed by atoms with Gasteiger partial charge in [-0.25, -0.2) is 8.42 Å². The molecule has 6 nitrogen and oxygen atoms in total. The lowest BCUT2D eigenvalue weighted by Crippen LogP contribution is -2.13. The molecule has 130 valence electrons. The van der Waals surface area contributed by atoms with E-state index in [-0.39, 0.29) is 15.5 Å². The third-order valence-electron chi connectivity index (χ3n) is 3.61. The highest BCUT2D eigenvalue weighted by atomic mass is 35.5. The topological polar surface area (TPSA) is 89.0 Å². The Morgan fingerprint density at radius 1 is 1.29 bits per heavy atom. The monoisotopic (exact) mass is 387 g/mol. The van der Waals surface area contributed by atoms with E-state index >= 15 is 0 Å². The average Bonchev–Trinajstić information content (AvgIpc) is 2.96. The first-order valence-electron chi connectivity index (χ1n) is 7.40. The minimum atomic E-state index is -3.43. The van der Waals surface area contributed by atoms with E-state index in [9.17, 15) is 13.2 Å². The van der Waals surface area contributed by atoms with Gasteiger partial charge in [-0.1, -0.05) is 36.8 Å². The molecule has 1 heterocycles. The van der Waals surface area contributed by atoms with Crippen LogP contribution in [0.5, 0.6) is 0 Å². The minimum absolute atomic E-state index is 0.0343. The Balaban J connectivity index is 2.24. The SMILES string of the molecule is CCC(CC)c1nnc(NC(=O)c2cc(S(C)(=O)=O)ccc2Cl)s1. The largest absolute Gasteiger partial charge is 0.296 e. The number of carbonyl (C=O) groups is 1. The van der Waals surface area contributed by atoms with Gasteiger partial charge >= 0.3 is 0 Å². The molecular weight excluding hydrogens is 370 g/mol. The highest BCUT2D eigenvalue weighted by molar-refractivity contribution is 7.90. The van der Waals surface area contributed by atoms with E-state index in [1.807, 2.05) is 0 Å². The molecule has 1 amide bonds. The van der Waals surface area contributed by atoms with Crippen molar-refractivity contribution in [1.82, 2.24) is 10.2 Å². The summed E-state index contributed by atoms with van der Waals surface area (Å²) in [5, 5.41) is 12.1. The molecule has 9 heteroatoms. The van der Waals surface area contributed by atoms with Gasteiger partial charge in [0.2, 0.25) is 5.13 Å². The molecule has 24 heavy (non-hydrogen) atoms. The number of hydrogen-bond donors (Lipinski definition) is 1. The number of sulfone groups is 1. The summed E-state index contributed by atoms with van der Waals surface area (Å²) in [7, 11) is -3.43. The lowest BCUT2D eigenvalue weighted by molar-refractivity contribution is 0.102. The van der Waals surface area contributed by atoms with Gasteiger partial charge in [0.15, 0.2) is 9.84 Å². The van der Waals surface area contributed by atoms with Crippen LogP contribution in [0, 0.1) is 0 Å². The quantitative estimate of drug-likeness (QED) is 0.815. The van der Waals surface area contributed by atoms with E-state index in [4.69, 9.17) is 11.6 Å². The fraction of sp³-hybridized carbons (Fsp3) is 0.400. The Morgan fingerprint density at radius 3 is 2.54 bits per heavy atom. The van der Waals surface area contributed by atoms with E-state index in [1.165, 1.54) is 29.5 Å². The molecule has 1 N–H and O–H groups in total. The summed E-state index contributed by atoms with van der Waals surface area (Å²) in [5.74, 6) is -0.206. The first kappa shape index (κ1) is 18.8. The molecule has 0 atom stereocenters. The Bertz CT molecular complexity index is 845. The zero-order valence-electron chi connectivity index (χ0n) is 13.5. The lowest BCUT2D eigenvalue weighted by Gasteiger charge is -2.07. The molecule has 0 fully saturated rings. The lowest BCUT2D eigenvalue weighted by atomic mass is 10.1. The molecule has 0 bridgehead atoms. The summed E-state index contributed by atoms with van der Waals surface area (Å²) in [4.78, 5) is 12.4. The smallest absolute Gasteiger partial charge is 0.259 e. The van der Waals surface area contributed by atoms with E-state index in [1.54, 1.807) is 0 Å². The van der Waals surface area contributed by atoms with Gasteiger partial charge < -0.3 is 0 Å². The summed E-state index contributed by atoms with van der Waals surface area (Å²) in [6.07, 6.45) is 2.97. The second-order valence-corrected chi connectivity index (χ2v) is 8.76. The van der Waals surface area contributed by atoms with Crippen molar-refractivity contribution in [2.45, 2.75) is 37.5 Å². The first-order valence-corrected chi connectivity index (χ1v) is 10.5. The first-order chi connectivity index (χ1) is 11.3. The molecule has 0 unspecified atom stereocenters. The predicted molar refractivity (Wildman–Crippen MR) is 95.7 cm³/mol. The second-order valence-electron chi connectivity index (χ2n) is 5.33. The van der Waals surface area contributed by atoms with Crippen molar-refractivity contribution in [3.63, 3.8) is 0 Å². The number of aromatic nitrogens is 2. The number of hydrogen-bond acceptors (Lipinski definition) is 6. The number of rotatable bonds is 6. The van der Waals surface area contributed by atoms with Gasteiger partial charge in [0.25, 0.3) is 5.91 Å². The Kier molecular flexibility index (Phi) is 5.95. The fourth-order valence-electron chi connectivity index (χ4n) is 2.16. The molecule has 0 aliphatic heterocycles. The van der Waals surface area contributed by atoms with E-state index in [0.717, 1.165) is 24.1 Å². The Labute approximate surface area is 150 Å². The number of nitrogens with one attached hydrogen (secondary N) is 1. The van der Waals surface area contributed by atoms with Crippen LogP contribution in [-0.2, 0) is 9.84 Å². The normalized spacial score (nSPS) is 11.7. The van der Waals surface area contributed by atoms with Crippen LogP contribution in [0.15, 0.2) is 23.1 Å². The van der Waals surface area contributed by atoms with Gasteiger partial charge in [-0.3, -0.25) is 10.1 Å². The highest BCUT2D eigenvalue weighted by Gasteiger charge is 2.18. The van der Waals surface area contributed by atoms with Gasteiger partial charge in [0, 0.05) is 12.2 Å². The van der Waals surface area contributed by atoms with Crippen molar-refractivity contribution in [3.05, 3.63) is 33.8 Å². The average molecular weight is 388 g/mol. The van der Waals surface area contributed by atoms with Crippen molar-refractivity contribution in [3.8, 4) is 0 Å². The summed E-state index contributed by atoms with van der Waals surface area (Å²) >= 11 is 7.33. The molecule has 0 radical (unpaired) electrons. The molecule has 0 aliphatic rings. The molecule has 1 aromatic carbocycles. The van der Waals surface area contributed by atoms with Crippen molar-refractivity contribution in [1.29, 1.82) is 0 Å². The van der Waals surface area contributed by atoms with Gasteiger partial charge in [-0.2, -0.15) is 0 Å². The van der Waals surface area contributed by atoms with Crippen LogP contribution in [0.25, 0.3) is 0 Å². The van der Waals surface area contributed by atoms with Crippen LogP contribution >= 0.6 is 22.9 Å². The number of carbonyl (C=O) groups excluding carboxylic acids is 1. The van der Waals surface area contributed by atoms with Crippen LogP contribution in [0.1, 0.15) is 48.0 Å². The maximum absolute atomic E-state index is 12.4. The summed E-state index contributed by atoms with van der Waals surface area (Å²) in [6, 6.07) is 4.02. The van der Waals surface area contributed by atoms with Crippen LogP contribution in [0.4, 0.5) is 5.13 Å². The highest BCUT2D eigenvalue weighted by Crippen LogP contribution is 2.29. The number of anilines is 1. The molecule has 0 saturated carbocycles. The fourth-order valence-corrected chi connectivity index (χ4v) is 4.02. The van der Waals surface area contributed by atoms with Gasteiger partial charge in [-0.05, 0) is 31.0 Å². The molecule has 0 saturated heterocycles. The van der Waals surface area contributed by atoms with Gasteiger partial charge in [0.1, 0.15) is 5.01 Å². The van der Waals surface area contributed by atoms with Crippen molar-refractivity contribution in [2.24, 2.45) is 0 Å². The maximum Gasteiger partial charge on any atom is 0.259 e. The number of halogens is 1. The Hall–Kier alpha value is -1.51. The van der Waals surface area contributed by atoms with Crippen LogP contribution < -0.4 is 5.32 Å². The molecule has 2 aromatic rings. The zero-order chi connectivity index (χ0) is 17.9. The number of amides is 1. The third kappa shape index (κ3) is 4.31. The Morgan fingerprint density at radius 2 is 1.96 bits per heavy atom. The zero-order valence-corrected chi connectivity index (χ0v) is 15.9. The number of benzene rings is 1. The van der Waals surface area contributed by atoms with Crippen LogP contribution in [0.2, 0.25) is 5.02 Å². The standard InChI is InChI=1S/C15H18ClN3O3S2/c1-4-9(5-2)14-18-19-15(23-14)17-13(20)11-8-10(24(3,21)22)6-7-12(11)16/h6-9H,4-5H2,1-3H3,(H,17,19,20). The summed E-state index contributed by atoms with van der Waals surface area (Å²) in [6.45, 7) is 4.15. The van der Waals surface area contributed by atoms with E-state index < -0.39 is 15.7 Å². The summed E-state index contributed by atoms with van der Waals surface area (Å²) < 4.78 is 23.3. The van der Waals surface area contributed by atoms with Crippen molar-refractivity contribution >= 4 is 43.8 Å². The summed E-state index contributed by atoms with van der Waals surface area (Å²) in [5.41, 5.74) is 0.0823. The predicted octanol–water partition coefficient (Wildman–Crippen LogP) is 3.75. The molecule has 2 rings (SSSR count). The van der Waals surface area contributed by atoms with E-state index in [2.05, 4.69) is 29.4 Å². The van der Waals surface area contributed by atoms with Crippen LogP contribution in [-0.4, -0.2) is 30.8 Å². The second kappa shape index (κ2) is 7.58. The molecular formula is C15H18ClN3O3S2. The van der Waals surface area contributed by atoms with Gasteiger partial charge in [0.05, 0.1) is 15.5 Å². The minimum Gasteiger partial charge on any atom is -0.296 e. The van der Waals surface area contributed by atoms with Gasteiger partial charge in [-0.15, -0.1) is 10.2 Å². The molecule has 0 spiro atoms.